The van der Waals surface area contributed by atoms with Crippen LogP contribution in [0.3, 0.4) is 0 Å². The molecule has 0 saturated heterocycles. The summed E-state index contributed by atoms with van der Waals surface area (Å²) in [5.74, 6) is 0.0147. The van der Waals surface area contributed by atoms with Gasteiger partial charge in [0.2, 0.25) is 0 Å². The second kappa shape index (κ2) is 36.7. The van der Waals surface area contributed by atoms with Gasteiger partial charge in [-0.3, -0.25) is 14.4 Å². The first-order chi connectivity index (χ1) is 23.4. The third kappa shape index (κ3) is 34.3. The van der Waals surface area contributed by atoms with Crippen LogP contribution >= 0.6 is 0 Å². The molecule has 6 heteroatoms. The lowest BCUT2D eigenvalue weighted by Gasteiger charge is -2.18. The minimum atomic E-state index is -0.755. The zero-order valence-electron chi connectivity index (χ0n) is 32.4. The van der Waals surface area contributed by atoms with E-state index in [1.165, 1.54) is 116 Å². The van der Waals surface area contributed by atoms with E-state index in [0.717, 1.165) is 70.1 Å². The van der Waals surface area contributed by atoms with Gasteiger partial charge in [0.05, 0.1) is 0 Å². The first kappa shape index (κ1) is 46.4. The Kier molecular flexibility index (Phi) is 35.5. The predicted octanol–water partition coefficient (Wildman–Crippen LogP) is 12.8. The van der Waals surface area contributed by atoms with Crippen LogP contribution in [0.2, 0.25) is 0 Å². The van der Waals surface area contributed by atoms with Crippen molar-refractivity contribution in [3.8, 4) is 0 Å². The maximum Gasteiger partial charge on any atom is 0.306 e. The van der Waals surface area contributed by atoms with Gasteiger partial charge in [-0.15, -0.1) is 0 Å². The van der Waals surface area contributed by atoms with Crippen molar-refractivity contribution >= 4 is 17.9 Å². The largest absolute Gasteiger partial charge is 0.462 e. The van der Waals surface area contributed by atoms with E-state index in [1.54, 1.807) is 0 Å². The molecule has 1 unspecified atom stereocenters. The third-order valence-corrected chi connectivity index (χ3v) is 9.65. The van der Waals surface area contributed by atoms with E-state index >= 15 is 0 Å². The van der Waals surface area contributed by atoms with Gasteiger partial charge in [-0.1, -0.05) is 188 Å². The Morgan fingerprint density at radius 2 is 0.729 bits per heavy atom. The maximum absolute atomic E-state index is 12.4. The van der Waals surface area contributed by atoms with Gasteiger partial charge >= 0.3 is 17.9 Å². The summed E-state index contributed by atoms with van der Waals surface area (Å²) in [6, 6.07) is 0. The molecule has 0 aromatic heterocycles. The summed E-state index contributed by atoms with van der Waals surface area (Å²) in [7, 11) is 0. The SMILES string of the molecule is CCCCCCCCCC(=O)OC[C@@H](COC(=O)CCCCCCCCCCCCCCCCC(C)CC)OC(=O)CCCCCCC. The van der Waals surface area contributed by atoms with Crippen molar-refractivity contribution in [1.82, 2.24) is 0 Å². The van der Waals surface area contributed by atoms with Crippen molar-refractivity contribution in [3.63, 3.8) is 0 Å². The number of unbranched alkanes of at least 4 members (excludes halogenated alkanes) is 23. The van der Waals surface area contributed by atoms with Crippen molar-refractivity contribution < 1.29 is 28.6 Å². The van der Waals surface area contributed by atoms with Crippen LogP contribution in [0.15, 0.2) is 0 Å². The number of esters is 3. The monoisotopic (exact) mass is 681 g/mol. The Balaban J connectivity index is 4.06. The normalized spacial score (nSPS) is 12.5. The number of carbonyl (C=O) groups is 3. The second-order valence-electron chi connectivity index (χ2n) is 14.5. The van der Waals surface area contributed by atoms with E-state index in [4.69, 9.17) is 14.2 Å². The Morgan fingerprint density at radius 1 is 0.417 bits per heavy atom. The number of carbonyl (C=O) groups excluding carboxylic acids is 3. The second-order valence-corrected chi connectivity index (χ2v) is 14.5. The lowest BCUT2D eigenvalue weighted by atomic mass is 9.99. The average Bonchev–Trinajstić information content (AvgIpc) is 3.08. The molecule has 0 aromatic rings. The van der Waals surface area contributed by atoms with Crippen LogP contribution in [0.1, 0.15) is 227 Å². The number of hydrogen-bond donors (Lipinski definition) is 0. The van der Waals surface area contributed by atoms with Crippen LogP contribution < -0.4 is 0 Å². The third-order valence-electron chi connectivity index (χ3n) is 9.65. The fraction of sp³-hybridized carbons (Fsp3) is 0.929. The number of ether oxygens (including phenoxy) is 3. The van der Waals surface area contributed by atoms with E-state index in [1.807, 2.05) is 0 Å². The van der Waals surface area contributed by atoms with Crippen molar-refractivity contribution in [3.05, 3.63) is 0 Å². The Morgan fingerprint density at radius 3 is 1.08 bits per heavy atom. The predicted molar refractivity (Wildman–Crippen MR) is 201 cm³/mol. The fourth-order valence-corrected chi connectivity index (χ4v) is 6.06. The number of hydrogen-bond acceptors (Lipinski definition) is 6. The standard InChI is InChI=1S/C42H80O6/c1-5-8-10-12-21-26-29-33-40(43)46-36-39(48-42(45)35-31-24-11-9-6-2)37-47-41(44)34-30-27-23-20-18-16-14-13-15-17-19-22-25-28-32-38(4)7-3/h38-39H,5-37H2,1-4H3/t38?,39-/m0/s1. The highest BCUT2D eigenvalue weighted by Crippen LogP contribution is 2.16. The quantitative estimate of drug-likeness (QED) is 0.0369. The fourth-order valence-electron chi connectivity index (χ4n) is 6.06. The Hall–Kier alpha value is -1.59. The molecule has 0 fully saturated rings. The summed E-state index contributed by atoms with van der Waals surface area (Å²) < 4.78 is 16.5. The van der Waals surface area contributed by atoms with Gasteiger partial charge in [0.15, 0.2) is 6.10 Å². The van der Waals surface area contributed by atoms with E-state index in [9.17, 15) is 14.4 Å². The van der Waals surface area contributed by atoms with Gasteiger partial charge in [0.25, 0.3) is 0 Å². The molecule has 0 aliphatic carbocycles. The molecule has 0 aromatic carbocycles. The average molecular weight is 681 g/mol. The van der Waals surface area contributed by atoms with Gasteiger partial charge in [-0.05, 0) is 25.2 Å². The van der Waals surface area contributed by atoms with Gasteiger partial charge < -0.3 is 14.2 Å². The topological polar surface area (TPSA) is 78.9 Å². The summed E-state index contributed by atoms with van der Waals surface area (Å²) in [6.45, 7) is 8.90. The van der Waals surface area contributed by atoms with E-state index in [0.29, 0.717) is 19.3 Å². The summed E-state index contributed by atoms with van der Waals surface area (Å²) in [6.07, 6.45) is 34.1. The first-order valence-corrected chi connectivity index (χ1v) is 20.9. The molecule has 0 rings (SSSR count). The lowest BCUT2D eigenvalue weighted by Crippen LogP contribution is -2.30. The molecule has 0 N–H and O–H groups in total. The summed E-state index contributed by atoms with van der Waals surface area (Å²) in [5, 5.41) is 0. The molecule has 0 radical (unpaired) electrons. The molecule has 0 heterocycles. The van der Waals surface area contributed by atoms with Crippen LogP contribution in [-0.2, 0) is 28.6 Å². The summed E-state index contributed by atoms with van der Waals surface area (Å²) >= 11 is 0. The summed E-state index contributed by atoms with van der Waals surface area (Å²) in [4.78, 5) is 37.2. The van der Waals surface area contributed by atoms with Crippen molar-refractivity contribution in [2.24, 2.45) is 5.92 Å². The van der Waals surface area contributed by atoms with Gasteiger partial charge in [0.1, 0.15) is 13.2 Å². The molecule has 0 saturated carbocycles. The van der Waals surface area contributed by atoms with Gasteiger partial charge in [0, 0.05) is 19.3 Å². The highest BCUT2D eigenvalue weighted by molar-refractivity contribution is 5.71. The van der Waals surface area contributed by atoms with E-state index in [2.05, 4.69) is 27.7 Å². The lowest BCUT2D eigenvalue weighted by molar-refractivity contribution is -0.167. The molecular formula is C42H80O6. The zero-order valence-corrected chi connectivity index (χ0v) is 32.4. The van der Waals surface area contributed by atoms with Crippen LogP contribution in [0.25, 0.3) is 0 Å². The van der Waals surface area contributed by atoms with Crippen molar-refractivity contribution in [2.75, 3.05) is 13.2 Å². The molecule has 0 spiro atoms. The van der Waals surface area contributed by atoms with Gasteiger partial charge in [-0.25, -0.2) is 0 Å². The Labute approximate surface area is 298 Å². The van der Waals surface area contributed by atoms with Crippen LogP contribution in [-0.4, -0.2) is 37.2 Å². The number of rotatable bonds is 37. The van der Waals surface area contributed by atoms with E-state index in [-0.39, 0.29) is 31.1 Å². The van der Waals surface area contributed by atoms with Crippen LogP contribution in [0.5, 0.6) is 0 Å². The Bertz CT molecular complexity index is 723. The highest BCUT2D eigenvalue weighted by atomic mass is 16.6. The highest BCUT2D eigenvalue weighted by Gasteiger charge is 2.19. The minimum absolute atomic E-state index is 0.0661. The van der Waals surface area contributed by atoms with Crippen LogP contribution in [0.4, 0.5) is 0 Å². The van der Waals surface area contributed by atoms with Crippen molar-refractivity contribution in [2.45, 2.75) is 233 Å². The molecule has 0 bridgehead atoms. The minimum Gasteiger partial charge on any atom is -0.462 e. The summed E-state index contributed by atoms with van der Waals surface area (Å²) in [5.41, 5.74) is 0. The molecule has 2 atom stereocenters. The molecule has 284 valence electrons. The molecule has 0 amide bonds. The van der Waals surface area contributed by atoms with E-state index < -0.39 is 6.10 Å². The van der Waals surface area contributed by atoms with Gasteiger partial charge in [-0.2, -0.15) is 0 Å². The zero-order chi connectivity index (χ0) is 35.3. The van der Waals surface area contributed by atoms with Crippen molar-refractivity contribution in [1.29, 1.82) is 0 Å². The molecule has 0 aliphatic heterocycles. The van der Waals surface area contributed by atoms with Crippen LogP contribution in [0, 0.1) is 5.92 Å². The molecule has 0 aliphatic rings. The molecular weight excluding hydrogens is 600 g/mol. The molecule has 48 heavy (non-hydrogen) atoms. The smallest absolute Gasteiger partial charge is 0.306 e. The maximum atomic E-state index is 12.4. The first-order valence-electron chi connectivity index (χ1n) is 20.9. The molecule has 6 nitrogen and oxygen atoms in total.